The minimum absolute atomic E-state index is 0.106. The summed E-state index contributed by atoms with van der Waals surface area (Å²) in [6, 6.07) is 5.59. The summed E-state index contributed by atoms with van der Waals surface area (Å²) in [4.78, 5) is 0. The molecule has 0 heterocycles. The molecular formula is C18H25F. The summed E-state index contributed by atoms with van der Waals surface area (Å²) in [5.74, 6) is -0.106. The quantitative estimate of drug-likeness (QED) is 0.556. The zero-order valence-electron chi connectivity index (χ0n) is 12.6. The van der Waals surface area contributed by atoms with E-state index < -0.39 is 0 Å². The average Bonchev–Trinajstić information content (AvgIpc) is 2.32. The lowest BCUT2D eigenvalue weighted by Gasteiger charge is -2.13. The maximum atomic E-state index is 14.3. The molecule has 0 spiro atoms. The molecule has 1 rings (SSSR count). The van der Waals surface area contributed by atoms with Gasteiger partial charge in [-0.05, 0) is 50.3 Å². The molecule has 0 unspecified atom stereocenters. The molecule has 0 aliphatic carbocycles. The van der Waals surface area contributed by atoms with Crippen molar-refractivity contribution < 1.29 is 4.39 Å². The highest BCUT2D eigenvalue weighted by Crippen LogP contribution is 2.27. The van der Waals surface area contributed by atoms with Crippen LogP contribution in [0.5, 0.6) is 0 Å². The predicted octanol–water partition coefficient (Wildman–Crippen LogP) is 5.93. The van der Waals surface area contributed by atoms with Crippen molar-refractivity contribution in [1.82, 2.24) is 0 Å². The molecule has 0 aliphatic heterocycles. The number of hydrogen-bond acceptors (Lipinski definition) is 0. The zero-order valence-corrected chi connectivity index (χ0v) is 12.6. The lowest BCUT2D eigenvalue weighted by molar-refractivity contribution is 0.621. The molecule has 1 heteroatoms. The van der Waals surface area contributed by atoms with E-state index >= 15 is 0 Å². The highest BCUT2D eigenvalue weighted by molar-refractivity contribution is 5.68. The van der Waals surface area contributed by atoms with Crippen LogP contribution in [-0.4, -0.2) is 0 Å². The maximum Gasteiger partial charge on any atom is 0.130 e. The van der Waals surface area contributed by atoms with E-state index in [9.17, 15) is 4.39 Å². The number of hydrogen-bond donors (Lipinski definition) is 0. The first-order valence-corrected chi connectivity index (χ1v) is 7.11. The van der Waals surface area contributed by atoms with Crippen LogP contribution in [-0.2, 0) is 6.42 Å². The van der Waals surface area contributed by atoms with Gasteiger partial charge in [-0.2, -0.15) is 0 Å². The van der Waals surface area contributed by atoms with E-state index in [2.05, 4.69) is 27.4 Å². The Hall–Kier alpha value is -1.37. The molecule has 0 amide bonds. The Morgan fingerprint density at radius 1 is 1.21 bits per heavy atom. The summed E-state index contributed by atoms with van der Waals surface area (Å²) in [6.45, 7) is 12.2. The molecule has 0 nitrogen and oxygen atoms in total. The van der Waals surface area contributed by atoms with E-state index in [0.29, 0.717) is 0 Å². The molecule has 0 saturated carbocycles. The molecule has 0 saturated heterocycles. The summed E-state index contributed by atoms with van der Waals surface area (Å²) in [7, 11) is 0. The second-order valence-corrected chi connectivity index (χ2v) is 5.31. The van der Waals surface area contributed by atoms with Gasteiger partial charge in [0.25, 0.3) is 0 Å². The second kappa shape index (κ2) is 7.28. The highest BCUT2D eigenvalue weighted by Gasteiger charge is 2.10. The van der Waals surface area contributed by atoms with E-state index in [0.717, 1.165) is 48.0 Å². The van der Waals surface area contributed by atoms with Gasteiger partial charge < -0.3 is 0 Å². The molecule has 1 aromatic rings. The minimum atomic E-state index is -0.106. The topological polar surface area (TPSA) is 0 Å². The lowest BCUT2D eigenvalue weighted by atomic mass is 9.94. The van der Waals surface area contributed by atoms with Crippen LogP contribution in [0.2, 0.25) is 0 Å². The summed E-state index contributed by atoms with van der Waals surface area (Å²) in [6.07, 6.45) is 3.76. The SMILES string of the molecule is C=C(C)Cc1ccc(/C(CC)=C(/C)CCC)c(F)c1. The third-order valence-corrected chi connectivity index (χ3v) is 3.36. The van der Waals surface area contributed by atoms with Crippen molar-refractivity contribution in [3.05, 3.63) is 52.9 Å². The first-order chi connectivity index (χ1) is 8.99. The molecule has 19 heavy (non-hydrogen) atoms. The van der Waals surface area contributed by atoms with Crippen LogP contribution in [0.1, 0.15) is 58.1 Å². The van der Waals surface area contributed by atoms with Gasteiger partial charge >= 0.3 is 0 Å². The minimum Gasteiger partial charge on any atom is -0.206 e. The van der Waals surface area contributed by atoms with Crippen molar-refractivity contribution in [1.29, 1.82) is 0 Å². The van der Waals surface area contributed by atoms with Gasteiger partial charge in [-0.3, -0.25) is 0 Å². The molecule has 0 aliphatic rings. The van der Waals surface area contributed by atoms with E-state index in [1.165, 1.54) is 5.57 Å². The van der Waals surface area contributed by atoms with Gasteiger partial charge in [0.2, 0.25) is 0 Å². The maximum absolute atomic E-state index is 14.3. The van der Waals surface area contributed by atoms with Crippen molar-refractivity contribution >= 4 is 5.57 Å². The van der Waals surface area contributed by atoms with Gasteiger partial charge in [-0.15, -0.1) is 0 Å². The van der Waals surface area contributed by atoms with Gasteiger partial charge in [0.05, 0.1) is 0 Å². The van der Waals surface area contributed by atoms with Crippen LogP contribution < -0.4 is 0 Å². The molecule has 0 radical (unpaired) electrons. The van der Waals surface area contributed by atoms with Crippen LogP contribution in [0.3, 0.4) is 0 Å². The van der Waals surface area contributed by atoms with E-state index in [4.69, 9.17) is 0 Å². The molecule has 1 aromatic carbocycles. The Morgan fingerprint density at radius 2 is 1.89 bits per heavy atom. The van der Waals surface area contributed by atoms with Crippen LogP contribution in [0.15, 0.2) is 35.9 Å². The normalized spacial score (nSPS) is 12.3. The fourth-order valence-electron chi connectivity index (χ4n) is 2.51. The van der Waals surface area contributed by atoms with Crippen molar-refractivity contribution in [2.75, 3.05) is 0 Å². The van der Waals surface area contributed by atoms with Crippen molar-refractivity contribution in [2.45, 2.75) is 53.4 Å². The second-order valence-electron chi connectivity index (χ2n) is 5.31. The Morgan fingerprint density at radius 3 is 2.37 bits per heavy atom. The Kier molecular flexibility index (Phi) is 6.01. The van der Waals surface area contributed by atoms with Gasteiger partial charge in [-0.25, -0.2) is 4.39 Å². The smallest absolute Gasteiger partial charge is 0.130 e. The van der Waals surface area contributed by atoms with Crippen LogP contribution in [0.25, 0.3) is 5.57 Å². The molecule has 0 fully saturated rings. The largest absolute Gasteiger partial charge is 0.206 e. The van der Waals surface area contributed by atoms with Gasteiger partial charge in [0.15, 0.2) is 0 Å². The average molecular weight is 260 g/mol. The molecule has 0 atom stereocenters. The first-order valence-electron chi connectivity index (χ1n) is 7.11. The van der Waals surface area contributed by atoms with Crippen molar-refractivity contribution in [2.24, 2.45) is 0 Å². The number of rotatable bonds is 6. The van der Waals surface area contributed by atoms with Crippen LogP contribution >= 0.6 is 0 Å². The Labute approximate surface area is 117 Å². The third kappa shape index (κ3) is 4.34. The summed E-state index contributed by atoms with van der Waals surface area (Å²) in [5.41, 5.74) is 5.27. The standard InChI is InChI=1S/C18H25F/c1-6-8-14(5)16(7-2)17-10-9-15(11-13(3)4)12-18(17)19/h9-10,12H,3,6-8,11H2,1-2,4-5H3/b16-14-. The lowest BCUT2D eigenvalue weighted by Crippen LogP contribution is -1.96. The fraction of sp³-hybridized carbons (Fsp3) is 0.444. The number of allylic oxidation sites excluding steroid dienone is 3. The summed E-state index contributed by atoms with van der Waals surface area (Å²) in [5, 5.41) is 0. The van der Waals surface area contributed by atoms with E-state index in [-0.39, 0.29) is 5.82 Å². The van der Waals surface area contributed by atoms with Gasteiger partial charge in [0, 0.05) is 5.56 Å². The van der Waals surface area contributed by atoms with Crippen molar-refractivity contribution in [3.8, 4) is 0 Å². The number of benzene rings is 1. The van der Waals surface area contributed by atoms with Crippen LogP contribution in [0, 0.1) is 5.82 Å². The predicted molar refractivity (Wildman–Crippen MR) is 82.7 cm³/mol. The van der Waals surface area contributed by atoms with Gasteiger partial charge in [-0.1, -0.05) is 50.1 Å². The molecule has 0 bridgehead atoms. The third-order valence-electron chi connectivity index (χ3n) is 3.36. The first kappa shape index (κ1) is 15.7. The van der Waals surface area contributed by atoms with E-state index in [1.807, 2.05) is 19.1 Å². The monoisotopic (exact) mass is 260 g/mol. The van der Waals surface area contributed by atoms with Crippen molar-refractivity contribution in [3.63, 3.8) is 0 Å². The number of halogens is 1. The Bertz CT molecular complexity index is 480. The molecular weight excluding hydrogens is 235 g/mol. The summed E-state index contributed by atoms with van der Waals surface area (Å²) >= 11 is 0. The summed E-state index contributed by atoms with van der Waals surface area (Å²) < 4.78 is 14.3. The molecule has 104 valence electrons. The molecule has 0 aromatic heterocycles. The molecule has 0 N–H and O–H groups in total. The van der Waals surface area contributed by atoms with E-state index in [1.54, 1.807) is 6.07 Å². The highest BCUT2D eigenvalue weighted by atomic mass is 19.1. The zero-order chi connectivity index (χ0) is 14.4. The van der Waals surface area contributed by atoms with Crippen LogP contribution in [0.4, 0.5) is 4.39 Å². The Balaban J connectivity index is 3.13. The fourth-order valence-corrected chi connectivity index (χ4v) is 2.51. The van der Waals surface area contributed by atoms with Gasteiger partial charge in [0.1, 0.15) is 5.82 Å².